The largest absolute Gasteiger partial charge is 0.339 e. The van der Waals surface area contributed by atoms with Crippen LogP contribution in [0.1, 0.15) is 35.3 Å². The van der Waals surface area contributed by atoms with Crippen LogP contribution in [0.15, 0.2) is 39.9 Å². The van der Waals surface area contributed by atoms with E-state index in [4.69, 9.17) is 0 Å². The molecule has 33 heavy (non-hydrogen) atoms. The van der Waals surface area contributed by atoms with Gasteiger partial charge in [0.2, 0.25) is 5.91 Å². The minimum absolute atomic E-state index is 0.00727. The molecule has 2 amide bonds. The summed E-state index contributed by atoms with van der Waals surface area (Å²) in [5.74, 6) is -1.38. The van der Waals surface area contributed by atoms with E-state index in [0.717, 1.165) is 23.8 Å². The number of anilines is 1. The first-order chi connectivity index (χ1) is 15.8. The van der Waals surface area contributed by atoms with Crippen molar-refractivity contribution in [1.29, 1.82) is 0 Å². The number of aromatic nitrogens is 3. The van der Waals surface area contributed by atoms with E-state index in [1.165, 1.54) is 35.9 Å². The van der Waals surface area contributed by atoms with E-state index < -0.39 is 29.5 Å². The van der Waals surface area contributed by atoms with Crippen molar-refractivity contribution in [3.8, 4) is 0 Å². The molecule has 2 aromatic heterocycles. The van der Waals surface area contributed by atoms with Crippen molar-refractivity contribution in [2.24, 2.45) is 7.05 Å². The van der Waals surface area contributed by atoms with Crippen molar-refractivity contribution in [2.75, 3.05) is 18.4 Å². The van der Waals surface area contributed by atoms with Crippen LogP contribution < -0.4 is 16.6 Å². The molecule has 1 fully saturated rings. The second-order valence-electron chi connectivity index (χ2n) is 8.15. The van der Waals surface area contributed by atoms with Crippen LogP contribution >= 0.6 is 0 Å². The number of hydrogen-bond acceptors (Lipinski definition) is 5. The fraction of sp³-hybridized carbons (Fsp3) is 0.348. The lowest BCUT2D eigenvalue weighted by Gasteiger charge is -2.27. The lowest BCUT2D eigenvalue weighted by Crippen LogP contribution is -2.43. The van der Waals surface area contributed by atoms with Gasteiger partial charge in [0.15, 0.2) is 0 Å². The van der Waals surface area contributed by atoms with Gasteiger partial charge in [-0.1, -0.05) is 0 Å². The average molecular weight is 453 g/mol. The lowest BCUT2D eigenvalue weighted by molar-refractivity contribution is -0.116. The highest BCUT2D eigenvalue weighted by Crippen LogP contribution is 2.19. The Morgan fingerprint density at radius 1 is 1.09 bits per heavy atom. The Hall–Kier alpha value is -3.82. The van der Waals surface area contributed by atoms with E-state index in [2.05, 4.69) is 10.3 Å². The second-order valence-corrected chi connectivity index (χ2v) is 8.15. The number of fused-ring (bicyclic) bond motifs is 1. The van der Waals surface area contributed by atoms with Crippen LogP contribution in [0.4, 0.5) is 10.1 Å². The molecule has 9 nitrogen and oxygen atoms in total. The first kappa shape index (κ1) is 22.4. The zero-order valence-electron chi connectivity index (χ0n) is 18.4. The molecule has 172 valence electrons. The van der Waals surface area contributed by atoms with Crippen LogP contribution in [0.2, 0.25) is 0 Å². The van der Waals surface area contributed by atoms with Crippen molar-refractivity contribution in [1.82, 2.24) is 19.0 Å². The van der Waals surface area contributed by atoms with Gasteiger partial charge in [-0.3, -0.25) is 23.5 Å². The Kier molecular flexibility index (Phi) is 6.08. The number of nitrogens with zero attached hydrogens (tertiary/aromatic N) is 4. The number of benzene rings is 1. The maximum absolute atomic E-state index is 13.4. The van der Waals surface area contributed by atoms with Crippen molar-refractivity contribution in [2.45, 2.75) is 32.7 Å². The third-order valence-corrected chi connectivity index (χ3v) is 5.73. The standard InChI is InChI=1S/C23H24FN5O4/c1-14-12-17(21(31)28-10-4-3-5-11-28)19-20(25-14)27(2)23(33)29(22(19)32)13-18(30)26-16-8-6-15(24)7-9-16/h6-9,12H,3-5,10-11,13H2,1-2H3,(H,26,30). The summed E-state index contributed by atoms with van der Waals surface area (Å²) in [5.41, 5.74) is -0.380. The topological polar surface area (TPSA) is 106 Å². The van der Waals surface area contributed by atoms with Gasteiger partial charge < -0.3 is 10.2 Å². The number of amides is 2. The number of aryl methyl sites for hydroxylation is 2. The number of carbonyl (C=O) groups excluding carboxylic acids is 2. The molecule has 0 bridgehead atoms. The Morgan fingerprint density at radius 3 is 2.42 bits per heavy atom. The molecule has 0 radical (unpaired) electrons. The van der Waals surface area contributed by atoms with Crippen molar-refractivity contribution in [3.05, 3.63) is 68.2 Å². The number of hydrogen-bond donors (Lipinski definition) is 1. The van der Waals surface area contributed by atoms with Crippen LogP contribution in [-0.2, 0) is 18.4 Å². The molecule has 1 N–H and O–H groups in total. The molecule has 1 aliphatic heterocycles. The van der Waals surface area contributed by atoms with E-state index in [-0.39, 0.29) is 22.5 Å². The fourth-order valence-electron chi connectivity index (χ4n) is 4.06. The van der Waals surface area contributed by atoms with Gasteiger partial charge in [-0.05, 0) is 56.5 Å². The monoisotopic (exact) mass is 453 g/mol. The highest BCUT2D eigenvalue weighted by Gasteiger charge is 2.25. The summed E-state index contributed by atoms with van der Waals surface area (Å²) in [4.78, 5) is 58.1. The summed E-state index contributed by atoms with van der Waals surface area (Å²) >= 11 is 0. The highest BCUT2D eigenvalue weighted by molar-refractivity contribution is 6.05. The number of piperidine rings is 1. The Labute approximate surface area is 188 Å². The maximum Gasteiger partial charge on any atom is 0.332 e. The van der Waals surface area contributed by atoms with Gasteiger partial charge >= 0.3 is 5.69 Å². The van der Waals surface area contributed by atoms with Gasteiger partial charge in [0, 0.05) is 31.5 Å². The number of carbonyl (C=O) groups is 2. The van der Waals surface area contributed by atoms with Crippen LogP contribution in [0.5, 0.6) is 0 Å². The van der Waals surface area contributed by atoms with Gasteiger partial charge in [0.1, 0.15) is 18.0 Å². The Bertz CT molecular complexity index is 1350. The second kappa shape index (κ2) is 8.97. The summed E-state index contributed by atoms with van der Waals surface area (Å²) in [6.07, 6.45) is 2.82. The van der Waals surface area contributed by atoms with Gasteiger partial charge in [0.25, 0.3) is 11.5 Å². The number of rotatable bonds is 4. The molecule has 10 heteroatoms. The fourth-order valence-corrected chi connectivity index (χ4v) is 4.06. The zero-order chi connectivity index (χ0) is 23.7. The molecule has 0 spiro atoms. The summed E-state index contributed by atoms with van der Waals surface area (Å²) in [7, 11) is 1.44. The van der Waals surface area contributed by atoms with E-state index in [1.54, 1.807) is 17.9 Å². The molecule has 0 unspecified atom stereocenters. The number of likely N-dealkylation sites (tertiary alicyclic amines) is 1. The molecule has 1 aromatic carbocycles. The van der Waals surface area contributed by atoms with E-state index in [0.29, 0.717) is 24.5 Å². The first-order valence-corrected chi connectivity index (χ1v) is 10.7. The third kappa shape index (κ3) is 4.41. The molecule has 3 heterocycles. The zero-order valence-corrected chi connectivity index (χ0v) is 18.4. The molecule has 0 saturated carbocycles. The summed E-state index contributed by atoms with van der Waals surface area (Å²) in [6, 6.07) is 6.66. The van der Waals surface area contributed by atoms with Crippen molar-refractivity contribution >= 4 is 28.5 Å². The van der Waals surface area contributed by atoms with Gasteiger partial charge in [-0.25, -0.2) is 14.2 Å². The number of pyridine rings is 1. The molecular formula is C23H24FN5O4. The van der Waals surface area contributed by atoms with Gasteiger partial charge in [-0.2, -0.15) is 0 Å². The predicted octanol–water partition coefficient (Wildman–Crippen LogP) is 1.81. The molecule has 1 saturated heterocycles. The Morgan fingerprint density at radius 2 is 1.76 bits per heavy atom. The maximum atomic E-state index is 13.4. The normalized spacial score (nSPS) is 13.8. The summed E-state index contributed by atoms with van der Waals surface area (Å²) < 4.78 is 15.0. The molecule has 0 aliphatic carbocycles. The van der Waals surface area contributed by atoms with E-state index in [1.807, 2.05) is 0 Å². The molecule has 0 atom stereocenters. The minimum atomic E-state index is -0.754. The van der Waals surface area contributed by atoms with E-state index in [9.17, 15) is 23.6 Å². The average Bonchev–Trinajstić information content (AvgIpc) is 2.81. The summed E-state index contributed by atoms with van der Waals surface area (Å²) in [5, 5.41) is 2.54. The first-order valence-electron chi connectivity index (χ1n) is 10.7. The van der Waals surface area contributed by atoms with Gasteiger partial charge in [-0.15, -0.1) is 0 Å². The van der Waals surface area contributed by atoms with Gasteiger partial charge in [0.05, 0.1) is 10.9 Å². The minimum Gasteiger partial charge on any atom is -0.339 e. The van der Waals surface area contributed by atoms with Crippen LogP contribution in [0.25, 0.3) is 11.0 Å². The summed E-state index contributed by atoms with van der Waals surface area (Å²) in [6.45, 7) is 2.33. The van der Waals surface area contributed by atoms with Crippen molar-refractivity contribution in [3.63, 3.8) is 0 Å². The molecule has 4 rings (SSSR count). The number of nitrogens with one attached hydrogen (secondary N) is 1. The Balaban J connectivity index is 1.78. The smallest absolute Gasteiger partial charge is 0.332 e. The predicted molar refractivity (Wildman–Crippen MR) is 121 cm³/mol. The lowest BCUT2D eigenvalue weighted by atomic mass is 10.1. The number of halogens is 1. The molecular weight excluding hydrogens is 429 g/mol. The highest BCUT2D eigenvalue weighted by atomic mass is 19.1. The van der Waals surface area contributed by atoms with Crippen LogP contribution in [-0.4, -0.2) is 43.9 Å². The third-order valence-electron chi connectivity index (χ3n) is 5.73. The van der Waals surface area contributed by atoms with Crippen LogP contribution in [0, 0.1) is 12.7 Å². The quantitative estimate of drug-likeness (QED) is 0.649. The van der Waals surface area contributed by atoms with Crippen LogP contribution in [0.3, 0.4) is 0 Å². The molecule has 1 aliphatic rings. The van der Waals surface area contributed by atoms with Crippen molar-refractivity contribution < 1.29 is 14.0 Å². The molecule has 3 aromatic rings. The van der Waals surface area contributed by atoms with E-state index >= 15 is 0 Å². The SMILES string of the molecule is Cc1cc(C(=O)N2CCCCC2)c2c(=O)n(CC(=O)Nc3ccc(F)cc3)c(=O)n(C)c2n1.